The molecule has 0 unspecified atom stereocenters. The molecule has 42 valence electrons. The summed E-state index contributed by atoms with van der Waals surface area (Å²) in [6.45, 7) is 1.89. The molecule has 2 N–H and O–H groups in total. The zero-order chi connectivity index (χ0) is 5.86. The third-order valence-corrected chi connectivity index (χ3v) is 1.77. The first-order valence-electron chi connectivity index (χ1n) is 2.12. The van der Waals surface area contributed by atoms with Gasteiger partial charge in [-0.1, -0.05) is 22.9 Å². The van der Waals surface area contributed by atoms with Gasteiger partial charge in [0.25, 0.3) is 0 Å². The van der Waals surface area contributed by atoms with Crippen molar-refractivity contribution < 1.29 is 4.79 Å². The molecule has 0 aromatic heterocycles. The third-order valence-electron chi connectivity index (χ3n) is 0.667. The summed E-state index contributed by atoms with van der Waals surface area (Å²) in [6, 6.07) is 0. The predicted molar refractivity (Wildman–Crippen MR) is 32.2 cm³/mol. The van der Waals surface area contributed by atoms with Gasteiger partial charge in [-0.3, -0.25) is 4.79 Å². The Kier molecular flexibility index (Phi) is 3.00. The maximum Gasteiger partial charge on any atom is 0.231 e. The normalized spacial score (nSPS) is 13.4. The summed E-state index contributed by atoms with van der Waals surface area (Å²) < 4.78 is 0. The molecule has 0 aliphatic carbocycles. The van der Waals surface area contributed by atoms with E-state index in [2.05, 4.69) is 15.9 Å². The summed E-state index contributed by atoms with van der Waals surface area (Å²) in [5.74, 6) is -0.289. The van der Waals surface area contributed by atoms with E-state index in [0.717, 1.165) is 6.42 Å². The highest BCUT2D eigenvalue weighted by Crippen LogP contribution is 2.00. The van der Waals surface area contributed by atoms with Gasteiger partial charge in [-0.2, -0.15) is 0 Å². The first-order chi connectivity index (χ1) is 3.18. The zero-order valence-corrected chi connectivity index (χ0v) is 5.73. The fraction of sp³-hybridized carbons (Fsp3) is 0.750. The van der Waals surface area contributed by atoms with Gasteiger partial charge in [0.15, 0.2) is 0 Å². The van der Waals surface area contributed by atoms with Crippen LogP contribution in [0.1, 0.15) is 13.3 Å². The molecule has 0 radical (unpaired) electrons. The fourth-order valence-electron chi connectivity index (χ4n) is 0.201. The Morgan fingerprint density at radius 1 is 2.00 bits per heavy atom. The third kappa shape index (κ3) is 2.62. The van der Waals surface area contributed by atoms with Crippen LogP contribution >= 0.6 is 15.9 Å². The molecule has 0 aliphatic rings. The maximum atomic E-state index is 10.1. The molecule has 7 heavy (non-hydrogen) atoms. The van der Waals surface area contributed by atoms with Crippen LogP contribution in [0.3, 0.4) is 0 Å². The highest BCUT2D eigenvalue weighted by molar-refractivity contribution is 9.10. The van der Waals surface area contributed by atoms with Crippen LogP contribution in [-0.4, -0.2) is 10.7 Å². The van der Waals surface area contributed by atoms with Crippen LogP contribution < -0.4 is 5.73 Å². The molecule has 0 spiro atoms. The van der Waals surface area contributed by atoms with Crippen molar-refractivity contribution in [1.82, 2.24) is 0 Å². The molecule has 0 rings (SSSR count). The van der Waals surface area contributed by atoms with Gasteiger partial charge in [-0.05, 0) is 6.42 Å². The number of hydrogen-bond donors (Lipinski definition) is 1. The Balaban J connectivity index is 3.34. The van der Waals surface area contributed by atoms with E-state index in [1.54, 1.807) is 0 Å². The van der Waals surface area contributed by atoms with Crippen LogP contribution in [0.5, 0.6) is 0 Å². The molecule has 1 atom stereocenters. The lowest BCUT2D eigenvalue weighted by Crippen LogP contribution is -2.21. The first-order valence-corrected chi connectivity index (χ1v) is 3.03. The minimum Gasteiger partial charge on any atom is -0.369 e. The lowest BCUT2D eigenvalue weighted by molar-refractivity contribution is -0.117. The summed E-state index contributed by atoms with van der Waals surface area (Å²) in [4.78, 5) is 9.96. The first kappa shape index (κ1) is 6.95. The van der Waals surface area contributed by atoms with Crippen molar-refractivity contribution in [2.24, 2.45) is 5.73 Å². The van der Waals surface area contributed by atoms with Crippen molar-refractivity contribution in [3.63, 3.8) is 0 Å². The van der Waals surface area contributed by atoms with E-state index in [1.807, 2.05) is 6.92 Å². The molecule has 0 aromatic rings. The number of carbonyl (C=O) groups excluding carboxylic acids is 1. The number of alkyl halides is 1. The van der Waals surface area contributed by atoms with Crippen molar-refractivity contribution in [2.75, 3.05) is 0 Å². The Hall–Kier alpha value is -0.0500. The molecular formula is C4H8BrNO. The minimum atomic E-state index is -0.289. The number of primary amides is 1. The summed E-state index contributed by atoms with van der Waals surface area (Å²) in [5.41, 5.74) is 4.86. The fourth-order valence-corrected chi connectivity index (χ4v) is 0.201. The van der Waals surface area contributed by atoms with Gasteiger partial charge in [0.2, 0.25) is 5.91 Å². The van der Waals surface area contributed by atoms with Gasteiger partial charge in [0.05, 0.1) is 4.83 Å². The second-order valence-electron chi connectivity index (χ2n) is 1.28. The maximum absolute atomic E-state index is 10.1. The van der Waals surface area contributed by atoms with E-state index in [1.165, 1.54) is 0 Å². The average molecular weight is 166 g/mol. The second-order valence-corrected chi connectivity index (χ2v) is 2.38. The Morgan fingerprint density at radius 3 is 2.43 bits per heavy atom. The number of halogens is 1. The van der Waals surface area contributed by atoms with Gasteiger partial charge < -0.3 is 5.73 Å². The van der Waals surface area contributed by atoms with Crippen LogP contribution in [0.25, 0.3) is 0 Å². The predicted octanol–water partition coefficient (Wildman–Crippen LogP) is 0.645. The number of nitrogens with two attached hydrogens (primary N) is 1. The van der Waals surface area contributed by atoms with E-state index in [0.29, 0.717) is 0 Å². The smallest absolute Gasteiger partial charge is 0.231 e. The highest BCUT2D eigenvalue weighted by atomic mass is 79.9. The highest BCUT2D eigenvalue weighted by Gasteiger charge is 2.04. The molecule has 0 aromatic carbocycles. The SMILES string of the molecule is CC[C@H](Br)C(N)=O. The van der Waals surface area contributed by atoms with Gasteiger partial charge in [0.1, 0.15) is 0 Å². The monoisotopic (exact) mass is 165 g/mol. The molecule has 2 nitrogen and oxygen atoms in total. The molecule has 3 heteroatoms. The Morgan fingerprint density at radius 2 is 2.43 bits per heavy atom. The molecule has 1 amide bonds. The van der Waals surface area contributed by atoms with Crippen molar-refractivity contribution in [2.45, 2.75) is 18.2 Å². The topological polar surface area (TPSA) is 43.1 Å². The van der Waals surface area contributed by atoms with Crippen LogP contribution in [0.15, 0.2) is 0 Å². The van der Waals surface area contributed by atoms with Gasteiger partial charge in [-0.15, -0.1) is 0 Å². The van der Waals surface area contributed by atoms with Crippen LogP contribution in [0.2, 0.25) is 0 Å². The number of hydrogen-bond acceptors (Lipinski definition) is 1. The van der Waals surface area contributed by atoms with E-state index >= 15 is 0 Å². The minimum absolute atomic E-state index is 0.146. The van der Waals surface area contributed by atoms with E-state index in [-0.39, 0.29) is 10.7 Å². The van der Waals surface area contributed by atoms with Crippen LogP contribution in [0.4, 0.5) is 0 Å². The van der Waals surface area contributed by atoms with Crippen LogP contribution in [0, 0.1) is 0 Å². The zero-order valence-electron chi connectivity index (χ0n) is 4.15. The number of carbonyl (C=O) groups is 1. The van der Waals surface area contributed by atoms with Crippen molar-refractivity contribution in [1.29, 1.82) is 0 Å². The summed E-state index contributed by atoms with van der Waals surface area (Å²) in [7, 11) is 0. The van der Waals surface area contributed by atoms with E-state index in [4.69, 9.17) is 5.73 Å². The largest absolute Gasteiger partial charge is 0.369 e. The molecule has 0 saturated carbocycles. The molecule has 0 saturated heterocycles. The van der Waals surface area contributed by atoms with Crippen molar-refractivity contribution in [3.8, 4) is 0 Å². The standard InChI is InChI=1S/C4H8BrNO/c1-2-3(5)4(6)7/h3H,2H2,1H3,(H2,6,7)/t3-/m0/s1. The summed E-state index contributed by atoms with van der Waals surface area (Å²) in [5, 5.41) is 0. The van der Waals surface area contributed by atoms with Gasteiger partial charge >= 0.3 is 0 Å². The summed E-state index contributed by atoms with van der Waals surface area (Å²) in [6.07, 6.45) is 0.759. The average Bonchev–Trinajstić information content (AvgIpc) is 1.65. The van der Waals surface area contributed by atoms with Crippen molar-refractivity contribution >= 4 is 21.8 Å². The number of rotatable bonds is 2. The van der Waals surface area contributed by atoms with E-state index in [9.17, 15) is 4.79 Å². The molecule has 0 heterocycles. The molecular weight excluding hydrogens is 158 g/mol. The lowest BCUT2D eigenvalue weighted by atomic mass is 10.3. The van der Waals surface area contributed by atoms with Gasteiger partial charge in [-0.25, -0.2) is 0 Å². The van der Waals surface area contributed by atoms with E-state index < -0.39 is 0 Å². The quantitative estimate of drug-likeness (QED) is 0.601. The van der Waals surface area contributed by atoms with Gasteiger partial charge in [0, 0.05) is 0 Å². The van der Waals surface area contributed by atoms with Crippen molar-refractivity contribution in [3.05, 3.63) is 0 Å². The molecule has 0 fully saturated rings. The molecule has 0 bridgehead atoms. The molecule has 0 aliphatic heterocycles. The Labute approximate surface area is 51.2 Å². The second kappa shape index (κ2) is 3.02. The number of amides is 1. The summed E-state index contributed by atoms with van der Waals surface area (Å²) >= 11 is 3.07. The lowest BCUT2D eigenvalue weighted by Gasteiger charge is -1.95. The van der Waals surface area contributed by atoms with Crippen LogP contribution in [-0.2, 0) is 4.79 Å². The Bertz CT molecular complexity index is 74.1.